The van der Waals surface area contributed by atoms with Gasteiger partial charge in [0.05, 0.1) is 0 Å². The first-order valence-electron chi connectivity index (χ1n) is 4.41. The summed E-state index contributed by atoms with van der Waals surface area (Å²) in [7, 11) is 0. The van der Waals surface area contributed by atoms with E-state index >= 15 is 0 Å². The van der Waals surface area contributed by atoms with E-state index in [0.29, 0.717) is 6.54 Å². The maximum atomic E-state index is 12.2. The number of halogens is 2. The molecule has 0 atom stereocenters. The normalized spacial score (nSPS) is 14.8. The predicted octanol–water partition coefficient (Wildman–Crippen LogP) is 2.67. The van der Waals surface area contributed by atoms with E-state index in [0.717, 1.165) is 29.2 Å². The number of anilines is 1. The molecule has 1 aliphatic rings. The molecule has 0 bridgehead atoms. The molecule has 1 aromatic carbocycles. The van der Waals surface area contributed by atoms with Gasteiger partial charge in [-0.25, -0.2) is 4.39 Å². The highest BCUT2D eigenvalue weighted by molar-refractivity contribution is 6.31. The number of hydrogen-bond donors (Lipinski definition) is 0. The highest BCUT2D eigenvalue weighted by atomic mass is 35.5. The van der Waals surface area contributed by atoms with Crippen molar-refractivity contribution < 1.29 is 4.39 Å². The van der Waals surface area contributed by atoms with E-state index in [4.69, 9.17) is 11.6 Å². The second-order valence-electron chi connectivity index (χ2n) is 3.16. The summed E-state index contributed by atoms with van der Waals surface area (Å²) < 4.78 is 12.2. The number of fused-ring (bicyclic) bond motifs is 1. The third kappa shape index (κ3) is 1.51. The fourth-order valence-electron chi connectivity index (χ4n) is 1.79. The van der Waals surface area contributed by atoms with Crippen molar-refractivity contribution in [2.45, 2.75) is 6.42 Å². The van der Waals surface area contributed by atoms with E-state index < -0.39 is 0 Å². The summed E-state index contributed by atoms with van der Waals surface area (Å²) in [6, 6.07) is 5.81. The molecule has 0 radical (unpaired) electrons. The van der Waals surface area contributed by atoms with E-state index in [9.17, 15) is 4.39 Å². The Hall–Kier alpha value is -0.760. The molecule has 0 amide bonds. The van der Waals surface area contributed by atoms with Crippen molar-refractivity contribution in [1.29, 1.82) is 0 Å². The largest absolute Gasteiger partial charge is 0.368 e. The Morgan fingerprint density at radius 1 is 1.46 bits per heavy atom. The first-order chi connectivity index (χ1) is 6.33. The lowest BCUT2D eigenvalue weighted by Crippen LogP contribution is -2.22. The van der Waals surface area contributed by atoms with Gasteiger partial charge >= 0.3 is 0 Å². The highest BCUT2D eigenvalue weighted by Crippen LogP contribution is 2.32. The minimum Gasteiger partial charge on any atom is -0.368 e. The van der Waals surface area contributed by atoms with E-state index in [2.05, 4.69) is 0 Å². The predicted molar refractivity (Wildman–Crippen MR) is 53.3 cm³/mol. The van der Waals surface area contributed by atoms with Gasteiger partial charge in [-0.1, -0.05) is 17.7 Å². The second kappa shape index (κ2) is 3.54. The van der Waals surface area contributed by atoms with Gasteiger partial charge in [-0.2, -0.15) is 0 Å². The molecule has 2 rings (SSSR count). The first kappa shape index (κ1) is 8.82. The van der Waals surface area contributed by atoms with Crippen molar-refractivity contribution in [3.63, 3.8) is 0 Å². The third-order valence-electron chi connectivity index (χ3n) is 2.42. The number of rotatable bonds is 2. The molecule has 70 valence electrons. The molecule has 13 heavy (non-hydrogen) atoms. The molecular formula is C10H11ClFN. The minimum atomic E-state index is -0.300. The van der Waals surface area contributed by atoms with Crippen molar-refractivity contribution in [2.24, 2.45) is 0 Å². The van der Waals surface area contributed by atoms with Crippen LogP contribution in [-0.2, 0) is 6.42 Å². The van der Waals surface area contributed by atoms with Crippen LogP contribution in [0.25, 0.3) is 0 Å². The van der Waals surface area contributed by atoms with Crippen LogP contribution in [0.2, 0.25) is 5.02 Å². The summed E-state index contributed by atoms with van der Waals surface area (Å²) in [5.41, 5.74) is 2.27. The minimum absolute atomic E-state index is 0.300. The summed E-state index contributed by atoms with van der Waals surface area (Å²) in [5, 5.41) is 0.804. The van der Waals surface area contributed by atoms with E-state index in [1.165, 1.54) is 0 Å². The summed E-state index contributed by atoms with van der Waals surface area (Å²) in [6.07, 6.45) is 0.939. The third-order valence-corrected chi connectivity index (χ3v) is 2.78. The maximum absolute atomic E-state index is 12.2. The van der Waals surface area contributed by atoms with Crippen molar-refractivity contribution in [3.8, 4) is 0 Å². The Balaban J connectivity index is 2.32. The van der Waals surface area contributed by atoms with Crippen molar-refractivity contribution in [1.82, 2.24) is 0 Å². The Bertz CT molecular complexity index is 314. The average Bonchev–Trinajstić information content (AvgIpc) is 2.51. The average molecular weight is 200 g/mol. The van der Waals surface area contributed by atoms with Crippen molar-refractivity contribution >= 4 is 17.3 Å². The van der Waals surface area contributed by atoms with Gasteiger partial charge in [0, 0.05) is 23.8 Å². The molecule has 0 saturated carbocycles. The van der Waals surface area contributed by atoms with Gasteiger partial charge in [-0.3, -0.25) is 0 Å². The number of nitrogens with zero attached hydrogens (tertiary/aromatic N) is 1. The Morgan fingerprint density at radius 3 is 3.08 bits per heavy atom. The van der Waals surface area contributed by atoms with Crippen LogP contribution < -0.4 is 4.90 Å². The summed E-state index contributed by atoms with van der Waals surface area (Å²) >= 11 is 6.01. The molecule has 0 saturated heterocycles. The molecule has 1 heterocycles. The SMILES string of the molecule is FCCN1CCc2c(Cl)cccc21. The lowest BCUT2D eigenvalue weighted by molar-refractivity contribution is 0.493. The van der Waals surface area contributed by atoms with Crippen LogP contribution in [0.5, 0.6) is 0 Å². The molecule has 0 unspecified atom stereocenters. The summed E-state index contributed by atoms with van der Waals surface area (Å²) in [5.74, 6) is 0. The molecule has 1 aromatic rings. The zero-order chi connectivity index (χ0) is 9.26. The highest BCUT2D eigenvalue weighted by Gasteiger charge is 2.20. The molecule has 3 heteroatoms. The Labute approximate surface area is 82.1 Å². The van der Waals surface area contributed by atoms with Crippen LogP contribution in [0.4, 0.5) is 10.1 Å². The number of benzene rings is 1. The number of hydrogen-bond acceptors (Lipinski definition) is 1. The molecule has 1 nitrogen and oxygen atoms in total. The lowest BCUT2D eigenvalue weighted by Gasteiger charge is -2.16. The van der Waals surface area contributed by atoms with E-state index in [-0.39, 0.29) is 6.67 Å². The molecular weight excluding hydrogens is 189 g/mol. The van der Waals surface area contributed by atoms with Crippen LogP contribution in [0.3, 0.4) is 0 Å². The molecule has 0 spiro atoms. The van der Waals surface area contributed by atoms with Gasteiger partial charge in [0.1, 0.15) is 6.67 Å². The van der Waals surface area contributed by atoms with Crippen LogP contribution in [0.1, 0.15) is 5.56 Å². The zero-order valence-electron chi connectivity index (χ0n) is 7.26. The van der Waals surface area contributed by atoms with E-state index in [1.54, 1.807) is 0 Å². The quantitative estimate of drug-likeness (QED) is 0.708. The standard InChI is InChI=1S/C10H11ClFN/c11-9-2-1-3-10-8(9)4-6-13(10)7-5-12/h1-3H,4-7H2. The monoisotopic (exact) mass is 199 g/mol. The van der Waals surface area contributed by atoms with Crippen LogP contribution >= 0.6 is 11.6 Å². The molecule has 0 aromatic heterocycles. The lowest BCUT2D eigenvalue weighted by atomic mass is 10.2. The molecule has 0 fully saturated rings. The van der Waals surface area contributed by atoms with Gasteiger partial charge in [0.2, 0.25) is 0 Å². The van der Waals surface area contributed by atoms with Gasteiger partial charge in [-0.15, -0.1) is 0 Å². The van der Waals surface area contributed by atoms with Gasteiger partial charge in [0.25, 0.3) is 0 Å². The van der Waals surface area contributed by atoms with Crippen molar-refractivity contribution in [3.05, 3.63) is 28.8 Å². The topological polar surface area (TPSA) is 3.24 Å². The fraction of sp³-hybridized carbons (Fsp3) is 0.400. The zero-order valence-corrected chi connectivity index (χ0v) is 8.02. The first-order valence-corrected chi connectivity index (χ1v) is 4.79. The fourth-order valence-corrected chi connectivity index (χ4v) is 2.06. The van der Waals surface area contributed by atoms with Crippen LogP contribution in [0, 0.1) is 0 Å². The number of alkyl halides is 1. The summed E-state index contributed by atoms with van der Waals surface area (Å²) in [4.78, 5) is 2.04. The Morgan fingerprint density at radius 2 is 2.31 bits per heavy atom. The van der Waals surface area contributed by atoms with Gasteiger partial charge in [0.15, 0.2) is 0 Å². The second-order valence-corrected chi connectivity index (χ2v) is 3.57. The molecule has 1 aliphatic heterocycles. The van der Waals surface area contributed by atoms with Crippen LogP contribution in [0.15, 0.2) is 18.2 Å². The molecule has 0 N–H and O–H groups in total. The van der Waals surface area contributed by atoms with Gasteiger partial charge in [-0.05, 0) is 24.1 Å². The van der Waals surface area contributed by atoms with Crippen molar-refractivity contribution in [2.75, 3.05) is 24.7 Å². The Kier molecular flexibility index (Phi) is 2.40. The maximum Gasteiger partial charge on any atom is 0.107 e. The summed E-state index contributed by atoms with van der Waals surface area (Å²) in [6.45, 7) is 1.07. The van der Waals surface area contributed by atoms with E-state index in [1.807, 2.05) is 23.1 Å². The van der Waals surface area contributed by atoms with Crippen LogP contribution in [-0.4, -0.2) is 19.8 Å². The molecule has 0 aliphatic carbocycles. The smallest absolute Gasteiger partial charge is 0.107 e. The van der Waals surface area contributed by atoms with Gasteiger partial charge < -0.3 is 4.90 Å².